The molecule has 1 amide bonds. The maximum atomic E-state index is 13.1. The van der Waals surface area contributed by atoms with E-state index in [0.29, 0.717) is 12.8 Å². The lowest BCUT2D eigenvalue weighted by Crippen LogP contribution is -2.59. The quantitative estimate of drug-likeness (QED) is 0.0295. The van der Waals surface area contributed by atoms with Crippen molar-refractivity contribution in [2.24, 2.45) is 0 Å². The monoisotopic (exact) mass is 858 g/mol. The SMILES string of the molecule is CCCCCCCCCCCCCCCOCCCCCCCCCC(=O)N[C@@H](CC[C@H]1O[C@H](CO)[C@H](O)[C@H](O)[C@H]1O)[C@H](O)[C@H](O)CCCCCCCCCCCCCC. The van der Waals surface area contributed by atoms with Gasteiger partial charge in [-0.15, -0.1) is 0 Å². The van der Waals surface area contributed by atoms with Gasteiger partial charge in [0, 0.05) is 19.6 Å². The van der Waals surface area contributed by atoms with Gasteiger partial charge in [0.25, 0.3) is 0 Å². The fourth-order valence-corrected chi connectivity index (χ4v) is 8.70. The number of rotatable bonds is 44. The molecular weight excluding hydrogens is 759 g/mol. The summed E-state index contributed by atoms with van der Waals surface area (Å²) in [6, 6.07) is -0.774. The average Bonchev–Trinajstić information content (AvgIpc) is 3.25. The van der Waals surface area contributed by atoms with E-state index in [2.05, 4.69) is 19.2 Å². The highest BCUT2D eigenvalue weighted by Crippen LogP contribution is 2.26. The van der Waals surface area contributed by atoms with Crippen LogP contribution in [0.3, 0.4) is 0 Å². The third-order valence-corrected chi connectivity index (χ3v) is 12.8. The molecule has 0 aromatic rings. The Balaban J connectivity index is 2.26. The molecular formula is C50H99NO9. The van der Waals surface area contributed by atoms with Gasteiger partial charge in [0.05, 0.1) is 31.0 Å². The molecule has 1 fully saturated rings. The van der Waals surface area contributed by atoms with Gasteiger partial charge < -0.3 is 45.4 Å². The van der Waals surface area contributed by atoms with Gasteiger partial charge in [-0.25, -0.2) is 0 Å². The maximum absolute atomic E-state index is 13.1. The molecule has 1 saturated heterocycles. The molecule has 0 radical (unpaired) electrons. The molecule has 7 N–H and O–H groups in total. The molecule has 0 bridgehead atoms. The summed E-state index contributed by atoms with van der Waals surface area (Å²) in [5.74, 6) is -0.189. The zero-order valence-electron chi connectivity index (χ0n) is 39.1. The van der Waals surface area contributed by atoms with Gasteiger partial charge >= 0.3 is 0 Å². The number of amides is 1. The van der Waals surface area contributed by atoms with E-state index in [1.165, 1.54) is 141 Å². The summed E-state index contributed by atoms with van der Waals surface area (Å²) in [5, 5.41) is 65.8. The van der Waals surface area contributed by atoms with E-state index in [1.54, 1.807) is 0 Å². The molecule has 1 rings (SSSR count). The summed E-state index contributed by atoms with van der Waals surface area (Å²) < 4.78 is 11.6. The number of unbranched alkanes of at least 4 members (excludes halogenated alkanes) is 29. The lowest BCUT2D eigenvalue weighted by molar-refractivity contribution is -0.231. The Hall–Kier alpha value is -0.850. The summed E-state index contributed by atoms with van der Waals surface area (Å²) in [6.07, 6.45) is 32.2. The molecule has 0 aliphatic carbocycles. The summed E-state index contributed by atoms with van der Waals surface area (Å²) in [7, 11) is 0. The standard InChI is InChI=1S/C50H99NO9/c1-3-5-7-9-11-13-15-17-19-21-25-29-33-39-59-40-34-30-26-22-24-28-32-36-46(54)51-42(37-38-44-48(56)50(58)49(57)45(41-52)60-44)47(55)43(53)35-31-27-23-20-18-16-14-12-10-8-6-4-2/h42-45,47-50,52-53,55-58H,3-41H2,1-2H3,(H,51,54)/t42-,43+,44+,45+,47-,48-,49-,50+/m0/s1. The number of aliphatic hydroxyl groups excluding tert-OH is 6. The summed E-state index contributed by atoms with van der Waals surface area (Å²) in [6.45, 7) is 5.72. The minimum absolute atomic E-state index is 0.152. The number of ether oxygens (including phenoxy) is 2. The van der Waals surface area contributed by atoms with E-state index in [-0.39, 0.29) is 18.7 Å². The van der Waals surface area contributed by atoms with Gasteiger partial charge in [-0.1, -0.05) is 200 Å². The van der Waals surface area contributed by atoms with E-state index in [9.17, 15) is 35.4 Å². The number of carbonyl (C=O) groups excluding carboxylic acids is 1. The first-order chi connectivity index (χ1) is 29.3. The molecule has 0 saturated carbocycles. The summed E-state index contributed by atoms with van der Waals surface area (Å²) in [4.78, 5) is 13.1. The van der Waals surface area contributed by atoms with E-state index >= 15 is 0 Å². The molecule has 10 nitrogen and oxygen atoms in total. The third-order valence-electron chi connectivity index (χ3n) is 12.8. The Morgan fingerprint density at radius 2 is 0.900 bits per heavy atom. The van der Waals surface area contributed by atoms with E-state index in [1.807, 2.05) is 0 Å². The van der Waals surface area contributed by atoms with Crippen molar-refractivity contribution in [2.75, 3.05) is 19.8 Å². The molecule has 1 heterocycles. The van der Waals surface area contributed by atoms with Crippen LogP contribution in [-0.2, 0) is 14.3 Å². The number of aliphatic hydroxyl groups is 6. The minimum Gasteiger partial charge on any atom is -0.394 e. The Morgan fingerprint density at radius 3 is 1.33 bits per heavy atom. The number of hydrogen-bond donors (Lipinski definition) is 7. The zero-order valence-corrected chi connectivity index (χ0v) is 39.1. The van der Waals surface area contributed by atoms with Crippen LogP contribution >= 0.6 is 0 Å². The molecule has 1 aliphatic heterocycles. The second kappa shape index (κ2) is 40.9. The van der Waals surface area contributed by atoms with Gasteiger partial charge in [0.2, 0.25) is 5.91 Å². The second-order valence-corrected chi connectivity index (χ2v) is 18.4. The number of nitrogens with one attached hydrogen (secondary N) is 1. The molecule has 60 heavy (non-hydrogen) atoms. The van der Waals surface area contributed by atoms with E-state index in [0.717, 1.165) is 77.4 Å². The first kappa shape index (κ1) is 57.2. The molecule has 0 spiro atoms. The second-order valence-electron chi connectivity index (χ2n) is 18.4. The molecule has 0 unspecified atom stereocenters. The first-order valence-electron chi connectivity index (χ1n) is 25.8. The minimum atomic E-state index is -1.48. The molecule has 0 aromatic carbocycles. The van der Waals surface area contributed by atoms with Gasteiger partial charge in [0.15, 0.2) is 0 Å². The number of hydrogen-bond acceptors (Lipinski definition) is 9. The molecule has 10 heteroatoms. The van der Waals surface area contributed by atoms with Crippen LogP contribution in [0.5, 0.6) is 0 Å². The Kier molecular flexibility index (Phi) is 39.0. The van der Waals surface area contributed by atoms with Crippen molar-refractivity contribution in [2.45, 2.75) is 294 Å². The summed E-state index contributed by atoms with van der Waals surface area (Å²) >= 11 is 0. The Bertz CT molecular complexity index is 926. The topological polar surface area (TPSA) is 169 Å². The third kappa shape index (κ3) is 30.3. The van der Waals surface area contributed by atoms with Crippen molar-refractivity contribution in [3.05, 3.63) is 0 Å². The van der Waals surface area contributed by atoms with Crippen molar-refractivity contribution in [1.82, 2.24) is 5.32 Å². The molecule has 1 aliphatic rings. The highest BCUT2D eigenvalue weighted by Gasteiger charge is 2.43. The average molecular weight is 858 g/mol. The highest BCUT2D eigenvalue weighted by molar-refractivity contribution is 5.76. The normalized spacial score (nSPS) is 21.0. The van der Waals surface area contributed by atoms with Crippen molar-refractivity contribution in [1.29, 1.82) is 0 Å². The fourth-order valence-electron chi connectivity index (χ4n) is 8.70. The van der Waals surface area contributed by atoms with Gasteiger partial charge in [-0.05, 0) is 38.5 Å². The lowest BCUT2D eigenvalue weighted by atomic mass is 9.90. The summed E-state index contributed by atoms with van der Waals surface area (Å²) in [5.41, 5.74) is 0. The number of carbonyl (C=O) groups is 1. The van der Waals surface area contributed by atoms with Crippen LogP contribution in [0.25, 0.3) is 0 Å². The Morgan fingerprint density at radius 1 is 0.517 bits per heavy atom. The molecule has 0 aromatic heterocycles. The smallest absolute Gasteiger partial charge is 0.220 e. The largest absolute Gasteiger partial charge is 0.394 e. The Labute approximate surface area is 368 Å². The molecule has 8 atom stereocenters. The van der Waals surface area contributed by atoms with E-state index < -0.39 is 55.4 Å². The zero-order chi connectivity index (χ0) is 43.9. The molecule has 358 valence electrons. The van der Waals surface area contributed by atoms with Crippen molar-refractivity contribution >= 4 is 5.91 Å². The fraction of sp³-hybridized carbons (Fsp3) is 0.980. The predicted molar refractivity (Wildman–Crippen MR) is 246 cm³/mol. The van der Waals surface area contributed by atoms with Crippen LogP contribution in [0.15, 0.2) is 0 Å². The van der Waals surface area contributed by atoms with Crippen molar-refractivity contribution < 1.29 is 44.9 Å². The van der Waals surface area contributed by atoms with Crippen LogP contribution < -0.4 is 5.32 Å². The van der Waals surface area contributed by atoms with Crippen LogP contribution in [0.2, 0.25) is 0 Å². The predicted octanol–water partition coefficient (Wildman–Crippen LogP) is 10.1. The van der Waals surface area contributed by atoms with Crippen molar-refractivity contribution in [3.8, 4) is 0 Å². The van der Waals surface area contributed by atoms with Crippen LogP contribution in [0.4, 0.5) is 0 Å². The van der Waals surface area contributed by atoms with Crippen LogP contribution in [0.1, 0.15) is 245 Å². The van der Waals surface area contributed by atoms with Crippen molar-refractivity contribution in [3.63, 3.8) is 0 Å². The van der Waals surface area contributed by atoms with Crippen LogP contribution in [0, 0.1) is 0 Å². The van der Waals surface area contributed by atoms with Gasteiger partial charge in [-0.2, -0.15) is 0 Å². The van der Waals surface area contributed by atoms with Crippen LogP contribution in [-0.4, -0.2) is 105 Å². The maximum Gasteiger partial charge on any atom is 0.220 e. The highest BCUT2D eigenvalue weighted by atomic mass is 16.5. The first-order valence-corrected chi connectivity index (χ1v) is 25.8. The van der Waals surface area contributed by atoms with Gasteiger partial charge in [0.1, 0.15) is 24.4 Å². The van der Waals surface area contributed by atoms with E-state index in [4.69, 9.17) is 9.47 Å². The van der Waals surface area contributed by atoms with Gasteiger partial charge in [-0.3, -0.25) is 4.79 Å². The lowest BCUT2D eigenvalue weighted by Gasteiger charge is -2.40.